The third-order valence-electron chi connectivity index (χ3n) is 0. The van der Waals surface area contributed by atoms with Crippen LogP contribution in [0.1, 0.15) is 74.3 Å². The van der Waals surface area contributed by atoms with Gasteiger partial charge < -0.3 is 0 Å². The van der Waals surface area contributed by atoms with E-state index in [1.807, 2.05) is 0 Å². The van der Waals surface area contributed by atoms with Gasteiger partial charge in [-0.25, -0.2) is 0 Å². The van der Waals surface area contributed by atoms with Crippen LogP contribution in [-0.4, -0.2) is 0 Å². The van der Waals surface area contributed by atoms with E-state index in [9.17, 15) is 0 Å². The first-order valence-electron chi connectivity index (χ1n) is 0.816. The average molecular weight is 407 g/mol. The third-order valence-corrected chi connectivity index (χ3v) is 0. The molecule has 0 aliphatic heterocycles. The molecule has 0 atom stereocenters. The Labute approximate surface area is 131 Å². The van der Waals surface area contributed by atoms with E-state index in [-0.39, 0.29) is 74.3 Å². The van der Waals surface area contributed by atoms with Gasteiger partial charge in [0.2, 0.25) is 0 Å². The van der Waals surface area contributed by atoms with Crippen molar-refractivity contribution in [2.75, 3.05) is 0 Å². The van der Waals surface area contributed by atoms with Crippen molar-refractivity contribution in [3.63, 3.8) is 0 Å². The molecule has 0 saturated carbocycles. The van der Waals surface area contributed by atoms with Gasteiger partial charge in [-0.1, -0.05) is 74.3 Å². The van der Waals surface area contributed by atoms with Crippen LogP contribution < -0.4 is 0 Å². The molecule has 0 bridgehead atoms. The Balaban J connectivity index is -0.00000000123. The quantitative estimate of drug-likeness (QED) is 0.503. The van der Waals surface area contributed by atoms with Crippen molar-refractivity contribution in [2.24, 2.45) is 0 Å². The summed E-state index contributed by atoms with van der Waals surface area (Å²) in [6.45, 7) is 0. The Morgan fingerprint density at radius 3 is 0.312 bits per heavy atom. The SMILES string of the molecule is C.C.C.C.C.C.C.C.C.C.[O]=[Zr]=[O].[O]=[Zr]=[O]. The van der Waals surface area contributed by atoms with Crippen LogP contribution >= 0.6 is 0 Å². The molecule has 0 aromatic rings. The zero-order valence-electron chi connectivity index (χ0n) is 2.63. The van der Waals surface area contributed by atoms with E-state index >= 15 is 0 Å². The number of rotatable bonds is 0. The van der Waals surface area contributed by atoms with Crippen LogP contribution in [0.3, 0.4) is 0 Å². The van der Waals surface area contributed by atoms with E-state index in [2.05, 4.69) is 0 Å². The van der Waals surface area contributed by atoms with E-state index < -0.39 is 46.5 Å². The predicted molar refractivity (Wildman–Crippen MR) is 70.1 cm³/mol. The minimum absolute atomic E-state index is 0. The Kier molecular flexibility index (Phi) is 4450. The second-order valence-electron chi connectivity index (χ2n) is 0.167. The van der Waals surface area contributed by atoms with Gasteiger partial charge >= 0.3 is 57.7 Å². The van der Waals surface area contributed by atoms with E-state index in [1.165, 1.54) is 0 Å². The fourth-order valence-corrected chi connectivity index (χ4v) is 0. The van der Waals surface area contributed by atoms with Crippen LogP contribution in [0.15, 0.2) is 0 Å². The van der Waals surface area contributed by atoms with Crippen LogP contribution in [0.25, 0.3) is 0 Å². The van der Waals surface area contributed by atoms with Gasteiger partial charge in [-0.2, -0.15) is 0 Å². The van der Waals surface area contributed by atoms with Crippen LogP contribution in [0.2, 0.25) is 0 Å². The molecule has 0 fully saturated rings. The van der Waals surface area contributed by atoms with Gasteiger partial charge in [-0.15, -0.1) is 0 Å². The zero-order chi connectivity index (χ0) is 5.41. The van der Waals surface area contributed by atoms with Gasteiger partial charge in [0.1, 0.15) is 0 Å². The van der Waals surface area contributed by atoms with Crippen LogP contribution in [-0.2, 0) is 57.7 Å². The summed E-state index contributed by atoms with van der Waals surface area (Å²) in [7, 11) is 0. The Morgan fingerprint density at radius 2 is 0.312 bits per heavy atom. The summed E-state index contributed by atoms with van der Waals surface area (Å²) in [6.07, 6.45) is 0. The van der Waals surface area contributed by atoms with Crippen molar-refractivity contribution < 1.29 is 57.7 Å². The first-order valence-corrected chi connectivity index (χ1v) is 4.83. The van der Waals surface area contributed by atoms with Crippen molar-refractivity contribution in [3.05, 3.63) is 0 Å². The van der Waals surface area contributed by atoms with Crippen molar-refractivity contribution in [1.82, 2.24) is 0 Å². The molecule has 0 N–H and O–H groups in total. The van der Waals surface area contributed by atoms with Crippen LogP contribution in [0, 0.1) is 0 Å². The van der Waals surface area contributed by atoms with Crippen LogP contribution in [0.5, 0.6) is 0 Å². The second-order valence-corrected chi connectivity index (χ2v) is 0.986. The normalized spacial score (nSPS) is 1.00. The van der Waals surface area contributed by atoms with Crippen molar-refractivity contribution in [1.29, 1.82) is 0 Å². The van der Waals surface area contributed by atoms with Gasteiger partial charge in [0, 0.05) is 0 Å². The topological polar surface area (TPSA) is 68.3 Å². The summed E-state index contributed by atoms with van der Waals surface area (Å²) in [5.74, 6) is 0. The van der Waals surface area contributed by atoms with E-state index in [0.29, 0.717) is 0 Å². The average Bonchev–Trinajstić information content (AvgIpc) is 1.39. The van der Waals surface area contributed by atoms with E-state index in [1.54, 1.807) is 0 Å². The third kappa shape index (κ3) is 3130. The van der Waals surface area contributed by atoms with Gasteiger partial charge in [0.05, 0.1) is 0 Å². The summed E-state index contributed by atoms with van der Waals surface area (Å²) >= 11 is -4.54. The molecule has 6 heteroatoms. The summed E-state index contributed by atoms with van der Waals surface area (Å²) in [6, 6.07) is 0. The van der Waals surface area contributed by atoms with Gasteiger partial charge in [-0.3, -0.25) is 0 Å². The summed E-state index contributed by atoms with van der Waals surface area (Å²) < 4.78 is 34.2. The van der Waals surface area contributed by atoms with Gasteiger partial charge in [-0.05, 0) is 0 Å². The molecular weight excluding hydrogens is 367 g/mol. The molecule has 0 amide bonds. The molecule has 16 heavy (non-hydrogen) atoms. The Bertz CT molecular complexity index is 74.8. The number of hydrogen-bond donors (Lipinski definition) is 0. The van der Waals surface area contributed by atoms with Gasteiger partial charge in [0.15, 0.2) is 0 Å². The molecular formula is C10H40O4Zr2. The maximum atomic E-state index is 8.54. The fourth-order valence-electron chi connectivity index (χ4n) is 0. The summed E-state index contributed by atoms with van der Waals surface area (Å²) in [5, 5.41) is 0. The molecule has 0 spiro atoms. The predicted octanol–water partition coefficient (Wildman–Crippen LogP) is 5.88. The molecule has 0 saturated heterocycles. The van der Waals surface area contributed by atoms with E-state index in [0.717, 1.165) is 0 Å². The monoisotopic (exact) mass is 404 g/mol. The van der Waals surface area contributed by atoms with Crippen LogP contribution in [0.4, 0.5) is 0 Å². The molecule has 0 heterocycles. The van der Waals surface area contributed by atoms with E-state index in [4.69, 9.17) is 11.3 Å². The molecule has 0 radical (unpaired) electrons. The standard InChI is InChI=1S/10CH4.4O.2Zr/h10*1H4;;;;;;. The fraction of sp³-hybridized carbons (Fsp3) is 1.00. The Morgan fingerprint density at radius 1 is 0.312 bits per heavy atom. The molecule has 112 valence electrons. The maximum absolute atomic E-state index is 8.54. The van der Waals surface area contributed by atoms with Gasteiger partial charge in [0.25, 0.3) is 0 Å². The molecule has 0 aromatic heterocycles. The molecule has 0 aliphatic carbocycles. The second kappa shape index (κ2) is 406. The molecule has 0 rings (SSSR count). The summed E-state index contributed by atoms with van der Waals surface area (Å²) in [5.41, 5.74) is 0. The minimum atomic E-state index is -2.27. The molecule has 0 aromatic carbocycles. The van der Waals surface area contributed by atoms with Crippen molar-refractivity contribution in [2.45, 2.75) is 74.3 Å². The van der Waals surface area contributed by atoms with Crippen molar-refractivity contribution in [3.8, 4) is 0 Å². The number of hydrogen-bond acceptors (Lipinski definition) is 4. The molecule has 4 nitrogen and oxygen atoms in total. The Hall–Kier alpha value is 0.966. The van der Waals surface area contributed by atoms with Crippen molar-refractivity contribution >= 4 is 0 Å². The molecule has 0 unspecified atom stereocenters. The first-order chi connectivity index (χ1) is 2.83. The first kappa shape index (κ1) is 175. The summed E-state index contributed by atoms with van der Waals surface area (Å²) in [4.78, 5) is 0. The molecule has 0 aliphatic rings. The zero-order valence-corrected chi connectivity index (χ0v) is 7.55.